The number of aromatic nitrogens is 3. The lowest BCUT2D eigenvalue weighted by atomic mass is 9.96. The van der Waals surface area contributed by atoms with Crippen molar-refractivity contribution in [2.45, 2.75) is 12.8 Å². The summed E-state index contributed by atoms with van der Waals surface area (Å²) in [5, 5.41) is 7.03. The average Bonchev–Trinajstić information content (AvgIpc) is 3.23. The number of hydrogen-bond acceptors (Lipinski definition) is 4. The summed E-state index contributed by atoms with van der Waals surface area (Å²) in [6.07, 6.45) is 0. The first-order chi connectivity index (χ1) is 14.1. The van der Waals surface area contributed by atoms with Gasteiger partial charge in [-0.3, -0.25) is 0 Å². The second-order valence-corrected chi connectivity index (χ2v) is 6.91. The number of nitrogens with two attached hydrogens (primary N) is 1. The first kappa shape index (κ1) is 21.7. The van der Waals surface area contributed by atoms with Gasteiger partial charge in [-0.05, 0) is 17.2 Å². The topological polar surface area (TPSA) is 92.4 Å². The van der Waals surface area contributed by atoms with Gasteiger partial charge in [0.25, 0.3) is 0 Å². The van der Waals surface area contributed by atoms with Crippen LogP contribution >= 0.6 is 12.4 Å². The SMILES string of the molecule is CC(c1ccc(-c2ccccc2)c(F)c1)c1n[nH]c(/N=C(\N)N2CCOCC2)n1.Cl. The van der Waals surface area contributed by atoms with E-state index in [2.05, 4.69) is 20.2 Å². The Balaban J connectivity index is 0.00000256. The summed E-state index contributed by atoms with van der Waals surface area (Å²) in [5.74, 6) is 0.773. The van der Waals surface area contributed by atoms with Crippen LogP contribution in [0.3, 0.4) is 0 Å². The fourth-order valence-electron chi connectivity index (χ4n) is 3.28. The van der Waals surface area contributed by atoms with Crippen LogP contribution in [0.15, 0.2) is 53.5 Å². The number of morpholine rings is 1. The predicted molar refractivity (Wildman–Crippen MR) is 117 cm³/mol. The van der Waals surface area contributed by atoms with Crippen molar-refractivity contribution in [3.63, 3.8) is 0 Å². The van der Waals surface area contributed by atoms with Crippen LogP contribution in [0, 0.1) is 5.82 Å². The summed E-state index contributed by atoms with van der Waals surface area (Å²) in [6, 6.07) is 14.7. The standard InChI is InChI=1S/C21H23FN6O.ClH/c1-14(16-7-8-17(18(22)13-16)15-5-3-2-4-6-15)19-24-21(27-26-19)25-20(23)28-9-11-29-12-10-28;/h2-8,13-14H,9-12H2,1H3,(H3,23,24,25,26,27);1H. The highest BCUT2D eigenvalue weighted by Gasteiger charge is 2.18. The number of nitrogens with one attached hydrogen (secondary N) is 1. The van der Waals surface area contributed by atoms with E-state index in [4.69, 9.17) is 10.5 Å². The largest absolute Gasteiger partial charge is 0.378 e. The molecule has 9 heteroatoms. The molecule has 0 spiro atoms. The number of aromatic amines is 1. The average molecular weight is 431 g/mol. The summed E-state index contributed by atoms with van der Waals surface area (Å²) < 4.78 is 20.0. The number of hydrogen-bond donors (Lipinski definition) is 2. The van der Waals surface area contributed by atoms with Crippen LogP contribution in [0.2, 0.25) is 0 Å². The third-order valence-electron chi connectivity index (χ3n) is 5.01. The molecular weight excluding hydrogens is 407 g/mol. The van der Waals surface area contributed by atoms with Crippen molar-refractivity contribution >= 4 is 24.3 Å². The van der Waals surface area contributed by atoms with Crippen molar-refractivity contribution in [2.75, 3.05) is 26.3 Å². The Morgan fingerprint density at radius 3 is 2.63 bits per heavy atom. The summed E-state index contributed by atoms with van der Waals surface area (Å²) in [4.78, 5) is 10.7. The molecule has 0 bridgehead atoms. The van der Waals surface area contributed by atoms with E-state index >= 15 is 0 Å². The minimum atomic E-state index is -0.272. The van der Waals surface area contributed by atoms with Gasteiger partial charge >= 0.3 is 0 Å². The van der Waals surface area contributed by atoms with Gasteiger partial charge < -0.3 is 15.4 Å². The van der Waals surface area contributed by atoms with Crippen molar-refractivity contribution in [2.24, 2.45) is 10.7 Å². The van der Waals surface area contributed by atoms with Crippen LogP contribution in [0.25, 0.3) is 11.1 Å². The van der Waals surface area contributed by atoms with Crippen molar-refractivity contribution < 1.29 is 9.13 Å². The van der Waals surface area contributed by atoms with Gasteiger partial charge in [-0.15, -0.1) is 12.4 Å². The number of benzene rings is 2. The van der Waals surface area contributed by atoms with Crippen LogP contribution in [-0.4, -0.2) is 52.3 Å². The van der Waals surface area contributed by atoms with Crippen LogP contribution in [0.1, 0.15) is 24.2 Å². The highest BCUT2D eigenvalue weighted by atomic mass is 35.5. The molecule has 1 aromatic heterocycles. The van der Waals surface area contributed by atoms with E-state index in [9.17, 15) is 4.39 Å². The van der Waals surface area contributed by atoms with Crippen LogP contribution in [0.4, 0.5) is 10.3 Å². The molecular formula is C21H24ClFN6O. The molecule has 0 amide bonds. The van der Waals surface area contributed by atoms with E-state index in [1.807, 2.05) is 48.2 Å². The molecule has 158 valence electrons. The first-order valence-electron chi connectivity index (χ1n) is 9.56. The van der Waals surface area contributed by atoms with E-state index in [0.717, 1.165) is 11.1 Å². The van der Waals surface area contributed by atoms with Gasteiger partial charge in [0.2, 0.25) is 5.95 Å². The summed E-state index contributed by atoms with van der Waals surface area (Å²) >= 11 is 0. The van der Waals surface area contributed by atoms with Crippen LogP contribution < -0.4 is 5.73 Å². The minimum Gasteiger partial charge on any atom is -0.378 e. The van der Waals surface area contributed by atoms with E-state index < -0.39 is 0 Å². The number of rotatable bonds is 4. The highest BCUT2D eigenvalue weighted by molar-refractivity contribution is 5.85. The van der Waals surface area contributed by atoms with Gasteiger partial charge in [0, 0.05) is 24.6 Å². The molecule has 1 aliphatic rings. The zero-order valence-electron chi connectivity index (χ0n) is 16.6. The molecule has 7 nitrogen and oxygen atoms in total. The fourth-order valence-corrected chi connectivity index (χ4v) is 3.28. The van der Waals surface area contributed by atoms with Gasteiger partial charge in [0.05, 0.1) is 13.2 Å². The zero-order valence-corrected chi connectivity index (χ0v) is 17.4. The van der Waals surface area contributed by atoms with Gasteiger partial charge in [-0.25, -0.2) is 9.49 Å². The number of halogens is 2. The molecule has 3 aromatic rings. The van der Waals surface area contributed by atoms with Crippen LogP contribution in [-0.2, 0) is 4.74 Å². The Kier molecular flexibility index (Phi) is 7.02. The Morgan fingerprint density at radius 1 is 1.20 bits per heavy atom. The Morgan fingerprint density at radius 2 is 1.93 bits per heavy atom. The molecule has 1 aliphatic heterocycles. The minimum absolute atomic E-state index is 0. The molecule has 4 rings (SSSR count). The summed E-state index contributed by atoms with van der Waals surface area (Å²) in [7, 11) is 0. The number of ether oxygens (including phenoxy) is 1. The number of guanidine groups is 1. The molecule has 2 heterocycles. The molecule has 0 radical (unpaired) electrons. The second kappa shape index (κ2) is 9.69. The van der Waals surface area contributed by atoms with E-state index in [1.165, 1.54) is 6.07 Å². The highest BCUT2D eigenvalue weighted by Crippen LogP contribution is 2.28. The molecule has 0 saturated carbocycles. The molecule has 1 atom stereocenters. The molecule has 30 heavy (non-hydrogen) atoms. The Hall–Kier alpha value is -2.97. The molecule has 1 unspecified atom stereocenters. The summed E-state index contributed by atoms with van der Waals surface area (Å²) in [6.45, 7) is 4.57. The van der Waals surface area contributed by atoms with E-state index in [0.29, 0.717) is 49.6 Å². The predicted octanol–water partition coefficient (Wildman–Crippen LogP) is 3.46. The van der Waals surface area contributed by atoms with Gasteiger partial charge in [0.15, 0.2) is 11.8 Å². The monoisotopic (exact) mass is 430 g/mol. The van der Waals surface area contributed by atoms with Crippen molar-refractivity contribution in [1.82, 2.24) is 20.1 Å². The van der Waals surface area contributed by atoms with Gasteiger partial charge in [-0.2, -0.15) is 15.1 Å². The Bertz CT molecular complexity index is 1000. The third-order valence-corrected chi connectivity index (χ3v) is 5.01. The zero-order chi connectivity index (χ0) is 20.2. The lowest BCUT2D eigenvalue weighted by Gasteiger charge is -2.27. The molecule has 2 aromatic carbocycles. The van der Waals surface area contributed by atoms with Crippen molar-refractivity contribution in [3.8, 4) is 11.1 Å². The lowest BCUT2D eigenvalue weighted by Crippen LogP contribution is -2.44. The smallest absolute Gasteiger partial charge is 0.248 e. The van der Waals surface area contributed by atoms with Gasteiger partial charge in [0.1, 0.15) is 5.82 Å². The maximum absolute atomic E-state index is 14.7. The lowest BCUT2D eigenvalue weighted by molar-refractivity contribution is 0.0675. The number of aliphatic imine (C=N–C) groups is 1. The third kappa shape index (κ3) is 4.77. The van der Waals surface area contributed by atoms with Gasteiger partial charge in [-0.1, -0.05) is 49.4 Å². The summed E-state index contributed by atoms with van der Waals surface area (Å²) in [5.41, 5.74) is 8.26. The van der Waals surface area contributed by atoms with Crippen molar-refractivity contribution in [1.29, 1.82) is 0 Å². The normalized spacial score (nSPS) is 15.5. The number of nitrogens with zero attached hydrogens (tertiary/aromatic N) is 4. The fraction of sp³-hybridized carbons (Fsp3) is 0.286. The Labute approximate surface area is 180 Å². The molecule has 1 fully saturated rings. The molecule has 1 saturated heterocycles. The maximum atomic E-state index is 14.7. The molecule has 3 N–H and O–H groups in total. The number of H-pyrrole nitrogens is 1. The van der Waals surface area contributed by atoms with E-state index in [1.54, 1.807) is 6.07 Å². The molecule has 0 aliphatic carbocycles. The van der Waals surface area contributed by atoms with Crippen LogP contribution in [0.5, 0.6) is 0 Å². The first-order valence-corrected chi connectivity index (χ1v) is 9.56. The maximum Gasteiger partial charge on any atom is 0.248 e. The van der Waals surface area contributed by atoms with E-state index in [-0.39, 0.29) is 24.1 Å². The quantitative estimate of drug-likeness (QED) is 0.488. The second-order valence-electron chi connectivity index (χ2n) is 6.91. The van der Waals surface area contributed by atoms with Crippen molar-refractivity contribution in [3.05, 3.63) is 65.7 Å².